The van der Waals surface area contributed by atoms with Crippen LogP contribution in [0.15, 0.2) is 30.6 Å². The number of fused-ring (bicyclic) bond motifs is 1. The lowest BCUT2D eigenvalue weighted by atomic mass is 10.0. The van der Waals surface area contributed by atoms with Crippen LogP contribution in [0.5, 0.6) is 0 Å². The Kier molecular flexibility index (Phi) is 5.07. The topological polar surface area (TPSA) is 103 Å². The Hall–Kier alpha value is -2.56. The molecule has 0 aliphatic heterocycles. The van der Waals surface area contributed by atoms with Gasteiger partial charge in [-0.2, -0.15) is 23.4 Å². The number of ketones is 1. The van der Waals surface area contributed by atoms with Gasteiger partial charge in [-0.3, -0.25) is 9.59 Å². The first-order valence-corrected chi connectivity index (χ1v) is 8.35. The highest BCUT2D eigenvalue weighted by Crippen LogP contribution is 2.30. The zero-order chi connectivity index (χ0) is 18.8. The minimum absolute atomic E-state index is 0.341. The zero-order valence-corrected chi connectivity index (χ0v) is 13.5. The quantitative estimate of drug-likeness (QED) is 0.444. The fourth-order valence-electron chi connectivity index (χ4n) is 2.03. The summed E-state index contributed by atoms with van der Waals surface area (Å²) in [7, 11) is -6.11. The number of alkyl halides is 3. The van der Waals surface area contributed by atoms with Gasteiger partial charge < -0.3 is 4.74 Å². The first-order chi connectivity index (χ1) is 11.6. The molecule has 0 N–H and O–H groups in total. The second-order valence-electron chi connectivity index (χ2n) is 4.82. The van der Waals surface area contributed by atoms with Gasteiger partial charge in [-0.25, -0.2) is 8.42 Å². The number of rotatable bonds is 5. The number of halogens is 3. The number of hydrogen-bond acceptors (Lipinski definition) is 7. The molecule has 0 bridgehead atoms. The molecule has 1 aromatic heterocycles. The molecule has 1 aromatic carbocycles. The van der Waals surface area contributed by atoms with Gasteiger partial charge in [0.2, 0.25) is 5.25 Å². The van der Waals surface area contributed by atoms with Crippen LogP contribution < -0.4 is 0 Å². The molecule has 2 aromatic rings. The minimum atomic E-state index is -6.11. The number of benzene rings is 1. The van der Waals surface area contributed by atoms with E-state index < -0.39 is 37.9 Å². The van der Waals surface area contributed by atoms with E-state index in [0.29, 0.717) is 10.8 Å². The molecule has 11 heteroatoms. The average Bonchev–Trinajstić information content (AvgIpc) is 2.53. The molecule has 1 unspecified atom stereocenters. The summed E-state index contributed by atoms with van der Waals surface area (Å²) in [5, 5.41) is 4.99. The van der Waals surface area contributed by atoms with Crippen LogP contribution in [0.1, 0.15) is 17.3 Å². The summed E-state index contributed by atoms with van der Waals surface area (Å²) in [6.45, 7) is 0.887. The Bertz CT molecular complexity index is 927. The molecule has 7 nitrogen and oxygen atoms in total. The van der Waals surface area contributed by atoms with Crippen molar-refractivity contribution in [2.75, 3.05) is 6.61 Å². The van der Waals surface area contributed by atoms with Gasteiger partial charge in [-0.15, -0.1) is 0 Å². The summed E-state index contributed by atoms with van der Waals surface area (Å²) < 4.78 is 66.3. The van der Waals surface area contributed by atoms with Crippen molar-refractivity contribution in [1.82, 2.24) is 10.2 Å². The van der Waals surface area contributed by atoms with E-state index in [2.05, 4.69) is 14.9 Å². The van der Waals surface area contributed by atoms with E-state index in [0.717, 1.165) is 12.1 Å². The van der Waals surface area contributed by atoms with Crippen molar-refractivity contribution in [3.05, 3.63) is 36.2 Å². The number of Topliss-reactive ketones (excluding diaryl/α,β-unsaturated/α-hetero) is 1. The lowest BCUT2D eigenvalue weighted by molar-refractivity contribution is -0.142. The SMILES string of the molecule is CCOC(=O)C(C(=O)c1ccc2cnncc2c1)S(=O)(=O)C(F)(F)F. The Morgan fingerprint density at radius 3 is 2.32 bits per heavy atom. The summed E-state index contributed by atoms with van der Waals surface area (Å²) in [5.74, 6) is -3.31. The summed E-state index contributed by atoms with van der Waals surface area (Å²) in [4.78, 5) is 24.2. The summed E-state index contributed by atoms with van der Waals surface area (Å²) >= 11 is 0. The molecule has 0 aliphatic carbocycles. The van der Waals surface area contributed by atoms with Crippen molar-refractivity contribution in [2.45, 2.75) is 17.7 Å². The van der Waals surface area contributed by atoms with Gasteiger partial charge in [0.1, 0.15) is 0 Å². The molecule has 25 heavy (non-hydrogen) atoms. The van der Waals surface area contributed by atoms with Gasteiger partial charge in [0, 0.05) is 16.3 Å². The van der Waals surface area contributed by atoms with Crippen molar-refractivity contribution in [2.24, 2.45) is 0 Å². The van der Waals surface area contributed by atoms with E-state index in [9.17, 15) is 31.2 Å². The summed E-state index contributed by atoms with van der Waals surface area (Å²) in [6.07, 6.45) is 2.59. The number of aromatic nitrogens is 2. The number of sulfone groups is 1. The number of hydrogen-bond donors (Lipinski definition) is 0. The standard InChI is InChI=1S/C14H11F3N2O5S/c1-2-24-13(21)12(25(22,23)14(15,16)17)11(20)8-3-4-9-6-18-19-7-10(9)5-8/h3-7,12H,2H2,1H3. The normalized spacial score (nSPS) is 13.4. The molecule has 1 heterocycles. The van der Waals surface area contributed by atoms with Gasteiger partial charge in [0.25, 0.3) is 9.84 Å². The van der Waals surface area contributed by atoms with Crippen LogP contribution >= 0.6 is 0 Å². The Morgan fingerprint density at radius 2 is 1.76 bits per heavy atom. The van der Waals surface area contributed by atoms with E-state index in [4.69, 9.17) is 0 Å². The third kappa shape index (κ3) is 3.60. The lowest BCUT2D eigenvalue weighted by Crippen LogP contribution is -2.45. The number of nitrogens with zero attached hydrogens (tertiary/aromatic N) is 2. The third-order valence-corrected chi connectivity index (χ3v) is 4.88. The number of ether oxygens (including phenoxy) is 1. The lowest BCUT2D eigenvalue weighted by Gasteiger charge is -2.17. The van der Waals surface area contributed by atoms with Crippen LogP contribution in [0.25, 0.3) is 10.8 Å². The van der Waals surface area contributed by atoms with E-state index in [1.165, 1.54) is 25.4 Å². The molecule has 0 aliphatic rings. The van der Waals surface area contributed by atoms with Gasteiger partial charge in [0.15, 0.2) is 5.78 Å². The molecule has 0 fully saturated rings. The minimum Gasteiger partial charge on any atom is -0.465 e. The fraction of sp³-hybridized carbons (Fsp3) is 0.286. The molecular formula is C14H11F3N2O5S. The van der Waals surface area contributed by atoms with Crippen LogP contribution in [0, 0.1) is 0 Å². The van der Waals surface area contributed by atoms with E-state index in [1.807, 2.05) is 0 Å². The highest BCUT2D eigenvalue weighted by molar-refractivity contribution is 7.94. The zero-order valence-electron chi connectivity index (χ0n) is 12.6. The van der Waals surface area contributed by atoms with Gasteiger partial charge in [-0.1, -0.05) is 12.1 Å². The number of carbonyl (C=O) groups is 2. The maximum absolute atomic E-state index is 12.8. The monoisotopic (exact) mass is 376 g/mol. The smallest absolute Gasteiger partial charge is 0.465 e. The third-order valence-electron chi connectivity index (χ3n) is 3.20. The summed E-state index contributed by atoms with van der Waals surface area (Å²) in [5.41, 5.74) is -6.19. The first-order valence-electron chi connectivity index (χ1n) is 6.81. The van der Waals surface area contributed by atoms with E-state index in [1.54, 1.807) is 0 Å². The van der Waals surface area contributed by atoms with E-state index in [-0.39, 0.29) is 6.61 Å². The highest BCUT2D eigenvalue weighted by Gasteiger charge is 2.57. The fourth-order valence-corrected chi connectivity index (χ4v) is 3.03. The van der Waals surface area contributed by atoms with Gasteiger partial charge >= 0.3 is 11.5 Å². The van der Waals surface area contributed by atoms with Crippen LogP contribution in [0.3, 0.4) is 0 Å². The van der Waals surface area contributed by atoms with Gasteiger partial charge in [0.05, 0.1) is 19.0 Å². The Morgan fingerprint density at radius 1 is 1.16 bits per heavy atom. The van der Waals surface area contributed by atoms with Crippen LogP contribution in [-0.4, -0.2) is 47.7 Å². The van der Waals surface area contributed by atoms with Crippen LogP contribution in [0.4, 0.5) is 13.2 Å². The molecular weight excluding hydrogens is 365 g/mol. The second-order valence-corrected chi connectivity index (χ2v) is 6.84. The predicted molar refractivity (Wildman–Crippen MR) is 79.3 cm³/mol. The Labute approximate surface area is 139 Å². The molecule has 0 spiro atoms. The molecule has 2 rings (SSSR count). The van der Waals surface area contributed by atoms with Crippen molar-refractivity contribution < 1.29 is 35.9 Å². The highest BCUT2D eigenvalue weighted by atomic mass is 32.2. The van der Waals surface area contributed by atoms with Crippen LogP contribution in [-0.2, 0) is 19.4 Å². The predicted octanol–water partition coefficient (Wildman–Crippen LogP) is 1.68. The average molecular weight is 376 g/mol. The maximum Gasteiger partial charge on any atom is 0.498 e. The summed E-state index contributed by atoms with van der Waals surface area (Å²) in [6, 6.07) is 3.58. The molecule has 0 saturated heterocycles. The number of esters is 1. The largest absolute Gasteiger partial charge is 0.498 e. The molecule has 0 radical (unpaired) electrons. The second kappa shape index (κ2) is 6.75. The van der Waals surface area contributed by atoms with Crippen LogP contribution in [0.2, 0.25) is 0 Å². The molecule has 1 atom stereocenters. The molecule has 0 saturated carbocycles. The van der Waals surface area contributed by atoms with Gasteiger partial charge in [-0.05, 0) is 13.0 Å². The number of carbonyl (C=O) groups excluding carboxylic acids is 2. The maximum atomic E-state index is 12.8. The Balaban J connectivity index is 2.56. The molecule has 134 valence electrons. The van der Waals surface area contributed by atoms with Crippen molar-refractivity contribution in [3.63, 3.8) is 0 Å². The van der Waals surface area contributed by atoms with Crippen molar-refractivity contribution in [3.8, 4) is 0 Å². The first kappa shape index (κ1) is 18.8. The molecule has 0 amide bonds. The van der Waals surface area contributed by atoms with Crippen molar-refractivity contribution in [1.29, 1.82) is 0 Å². The van der Waals surface area contributed by atoms with Crippen molar-refractivity contribution >= 4 is 32.4 Å². The van der Waals surface area contributed by atoms with E-state index >= 15 is 0 Å².